The molecule has 1 aliphatic rings. The van der Waals surface area contributed by atoms with Gasteiger partial charge in [0.15, 0.2) is 5.69 Å². The van der Waals surface area contributed by atoms with Gasteiger partial charge in [-0.05, 0) is 13.0 Å². The molecule has 1 aliphatic heterocycles. The number of aromatic amines is 1. The van der Waals surface area contributed by atoms with E-state index < -0.39 is 0 Å². The summed E-state index contributed by atoms with van der Waals surface area (Å²) in [6.45, 7) is 9.32. The summed E-state index contributed by atoms with van der Waals surface area (Å²) in [5.74, 6) is 0.328. The molecule has 1 aromatic heterocycles. The van der Waals surface area contributed by atoms with Crippen LogP contribution in [0.2, 0.25) is 0 Å². The molecule has 0 saturated carbocycles. The Kier molecular flexibility index (Phi) is 5.08. The number of aromatic nitrogens is 3. The Labute approximate surface area is 119 Å². The molecule has 1 fully saturated rings. The first-order valence-corrected chi connectivity index (χ1v) is 7.14. The molecule has 0 spiro atoms. The molecule has 1 unspecified atom stereocenters. The number of piperazine rings is 1. The summed E-state index contributed by atoms with van der Waals surface area (Å²) in [5, 5.41) is 12.9. The van der Waals surface area contributed by atoms with Gasteiger partial charge in [-0.3, -0.25) is 9.69 Å². The number of hydrogen-bond donors (Lipinski definition) is 2. The Morgan fingerprint density at radius 1 is 1.40 bits per heavy atom. The lowest BCUT2D eigenvalue weighted by Crippen LogP contribution is -2.54. The van der Waals surface area contributed by atoms with Crippen LogP contribution in [0.25, 0.3) is 0 Å². The van der Waals surface area contributed by atoms with E-state index in [0.29, 0.717) is 24.2 Å². The van der Waals surface area contributed by atoms with Crippen molar-refractivity contribution in [2.45, 2.75) is 19.9 Å². The summed E-state index contributed by atoms with van der Waals surface area (Å²) < 4.78 is 0. The second-order valence-electron chi connectivity index (χ2n) is 5.72. The molecule has 2 N–H and O–H groups in total. The van der Waals surface area contributed by atoms with Crippen molar-refractivity contribution in [3.05, 3.63) is 11.9 Å². The molecule has 20 heavy (non-hydrogen) atoms. The van der Waals surface area contributed by atoms with Gasteiger partial charge < -0.3 is 10.2 Å². The number of H-pyrrole nitrogens is 1. The van der Waals surface area contributed by atoms with E-state index in [1.54, 1.807) is 0 Å². The van der Waals surface area contributed by atoms with Gasteiger partial charge in [0, 0.05) is 38.8 Å². The zero-order valence-corrected chi connectivity index (χ0v) is 12.5. The Morgan fingerprint density at radius 2 is 2.10 bits per heavy atom. The van der Waals surface area contributed by atoms with E-state index in [-0.39, 0.29) is 5.91 Å². The fraction of sp³-hybridized carbons (Fsp3) is 0.769. The Bertz CT molecular complexity index is 411. The third kappa shape index (κ3) is 3.77. The van der Waals surface area contributed by atoms with Crippen molar-refractivity contribution in [3.63, 3.8) is 0 Å². The van der Waals surface area contributed by atoms with Crippen molar-refractivity contribution in [1.29, 1.82) is 0 Å². The number of nitrogens with one attached hydrogen (secondary N) is 2. The van der Waals surface area contributed by atoms with E-state index in [2.05, 4.69) is 51.4 Å². The summed E-state index contributed by atoms with van der Waals surface area (Å²) in [4.78, 5) is 16.7. The van der Waals surface area contributed by atoms with E-state index >= 15 is 0 Å². The molecule has 1 saturated heterocycles. The number of nitrogens with zero attached hydrogens (tertiary/aromatic N) is 4. The van der Waals surface area contributed by atoms with Gasteiger partial charge in [-0.1, -0.05) is 13.8 Å². The number of likely N-dealkylation sites (N-methyl/N-ethyl adjacent to an activating group) is 1. The summed E-state index contributed by atoms with van der Waals surface area (Å²) in [6.07, 6.45) is 1.44. The number of carbonyl (C=O) groups is 1. The second-order valence-corrected chi connectivity index (χ2v) is 5.72. The van der Waals surface area contributed by atoms with Crippen molar-refractivity contribution in [2.24, 2.45) is 5.92 Å². The summed E-state index contributed by atoms with van der Waals surface area (Å²) in [5.41, 5.74) is 0.339. The smallest absolute Gasteiger partial charge is 0.273 e. The summed E-state index contributed by atoms with van der Waals surface area (Å²) >= 11 is 0. The van der Waals surface area contributed by atoms with Gasteiger partial charge in [0.25, 0.3) is 5.91 Å². The maximum absolute atomic E-state index is 11.9. The Morgan fingerprint density at radius 3 is 2.65 bits per heavy atom. The van der Waals surface area contributed by atoms with Gasteiger partial charge in [0.1, 0.15) is 0 Å². The molecule has 1 aromatic rings. The van der Waals surface area contributed by atoms with Crippen LogP contribution in [0, 0.1) is 5.92 Å². The largest absolute Gasteiger partial charge is 0.349 e. The summed E-state index contributed by atoms with van der Waals surface area (Å²) in [6, 6.07) is 0.361. The van der Waals surface area contributed by atoms with Gasteiger partial charge in [-0.2, -0.15) is 15.4 Å². The Balaban J connectivity index is 1.88. The van der Waals surface area contributed by atoms with Crippen LogP contribution in [0.5, 0.6) is 0 Å². The highest BCUT2D eigenvalue weighted by Gasteiger charge is 2.25. The molecule has 1 amide bonds. The number of rotatable bonds is 5. The van der Waals surface area contributed by atoms with Crippen LogP contribution < -0.4 is 5.32 Å². The standard InChI is InChI=1S/C13H24N6O/c1-10(2)12(19-6-4-18(3)5-7-19)9-14-13(20)11-8-15-17-16-11/h8,10,12H,4-7,9H2,1-3H3,(H,14,20)(H,15,16,17). The first kappa shape index (κ1) is 14.9. The molecular formula is C13H24N6O. The molecule has 2 rings (SSSR count). The first-order valence-electron chi connectivity index (χ1n) is 7.14. The van der Waals surface area contributed by atoms with E-state index in [0.717, 1.165) is 26.2 Å². The zero-order chi connectivity index (χ0) is 14.5. The Hall–Kier alpha value is -1.47. The summed E-state index contributed by atoms with van der Waals surface area (Å²) in [7, 11) is 2.15. The number of amides is 1. The normalized spacial score (nSPS) is 19.2. The van der Waals surface area contributed by atoms with E-state index in [1.807, 2.05) is 0 Å². The molecular weight excluding hydrogens is 256 g/mol. The molecule has 112 valence electrons. The van der Waals surface area contributed by atoms with Gasteiger partial charge in [-0.15, -0.1) is 0 Å². The average molecular weight is 280 g/mol. The van der Waals surface area contributed by atoms with Crippen LogP contribution in [0.1, 0.15) is 24.3 Å². The van der Waals surface area contributed by atoms with Crippen molar-refractivity contribution in [3.8, 4) is 0 Å². The van der Waals surface area contributed by atoms with Gasteiger partial charge in [0.05, 0.1) is 6.20 Å². The lowest BCUT2D eigenvalue weighted by atomic mass is 10.0. The first-order chi connectivity index (χ1) is 9.58. The van der Waals surface area contributed by atoms with Crippen molar-refractivity contribution in [1.82, 2.24) is 30.5 Å². The lowest BCUT2D eigenvalue weighted by molar-refractivity contribution is 0.0788. The highest BCUT2D eigenvalue weighted by molar-refractivity contribution is 5.91. The van der Waals surface area contributed by atoms with Crippen LogP contribution in [0.4, 0.5) is 0 Å². The fourth-order valence-electron chi connectivity index (χ4n) is 2.54. The third-order valence-corrected chi connectivity index (χ3v) is 3.90. The lowest BCUT2D eigenvalue weighted by Gasteiger charge is -2.39. The highest BCUT2D eigenvalue weighted by Crippen LogP contribution is 2.13. The molecule has 0 aromatic carbocycles. The monoisotopic (exact) mass is 280 g/mol. The predicted octanol–water partition coefficient (Wildman–Crippen LogP) is -0.193. The average Bonchev–Trinajstić information content (AvgIpc) is 2.94. The molecule has 2 heterocycles. The molecule has 7 heteroatoms. The molecule has 0 aliphatic carbocycles. The van der Waals surface area contributed by atoms with Crippen molar-refractivity contribution < 1.29 is 4.79 Å². The van der Waals surface area contributed by atoms with Crippen LogP contribution in [0.15, 0.2) is 6.20 Å². The number of carbonyl (C=O) groups excluding carboxylic acids is 1. The van der Waals surface area contributed by atoms with Gasteiger partial charge in [0.2, 0.25) is 0 Å². The van der Waals surface area contributed by atoms with Crippen molar-refractivity contribution in [2.75, 3.05) is 39.8 Å². The van der Waals surface area contributed by atoms with E-state index in [9.17, 15) is 4.79 Å². The predicted molar refractivity (Wildman–Crippen MR) is 76.4 cm³/mol. The maximum Gasteiger partial charge on any atom is 0.273 e. The SMILES string of the molecule is CC(C)C(CNC(=O)c1cn[nH]n1)N1CCN(C)CC1. The highest BCUT2D eigenvalue weighted by atomic mass is 16.2. The van der Waals surface area contributed by atoms with E-state index in [4.69, 9.17) is 0 Å². The molecule has 0 bridgehead atoms. The maximum atomic E-state index is 11.9. The topological polar surface area (TPSA) is 77.1 Å². The minimum Gasteiger partial charge on any atom is -0.349 e. The van der Waals surface area contributed by atoms with Gasteiger partial charge in [-0.25, -0.2) is 0 Å². The minimum absolute atomic E-state index is 0.168. The quantitative estimate of drug-likeness (QED) is 0.781. The van der Waals surface area contributed by atoms with Crippen LogP contribution in [-0.4, -0.2) is 76.9 Å². The number of hydrogen-bond acceptors (Lipinski definition) is 5. The van der Waals surface area contributed by atoms with Crippen LogP contribution >= 0.6 is 0 Å². The zero-order valence-electron chi connectivity index (χ0n) is 12.5. The van der Waals surface area contributed by atoms with Crippen LogP contribution in [-0.2, 0) is 0 Å². The molecule has 0 radical (unpaired) electrons. The van der Waals surface area contributed by atoms with Crippen LogP contribution in [0.3, 0.4) is 0 Å². The molecule has 7 nitrogen and oxygen atoms in total. The molecule has 1 atom stereocenters. The third-order valence-electron chi connectivity index (χ3n) is 3.90. The second kappa shape index (κ2) is 6.81. The van der Waals surface area contributed by atoms with Crippen molar-refractivity contribution >= 4 is 5.91 Å². The minimum atomic E-state index is -0.168. The van der Waals surface area contributed by atoms with Gasteiger partial charge >= 0.3 is 0 Å². The fourth-order valence-corrected chi connectivity index (χ4v) is 2.54. The van der Waals surface area contributed by atoms with E-state index in [1.165, 1.54) is 6.20 Å².